The third-order valence-electron chi connectivity index (χ3n) is 2.39. The molecule has 6 nitrogen and oxygen atoms in total. The minimum atomic E-state index is -0.307. The zero-order chi connectivity index (χ0) is 13.7. The molecule has 0 unspecified atom stereocenters. The summed E-state index contributed by atoms with van der Waals surface area (Å²) >= 11 is 0. The number of carbonyl (C=O) groups excluding carboxylic acids is 2. The van der Waals surface area contributed by atoms with Crippen molar-refractivity contribution in [1.82, 2.24) is 14.8 Å². The summed E-state index contributed by atoms with van der Waals surface area (Å²) in [5.41, 5.74) is 0.0567. The maximum absolute atomic E-state index is 11.6. The van der Waals surface area contributed by atoms with Gasteiger partial charge in [-0.2, -0.15) is 0 Å². The smallest absolute Gasteiger partial charge is 0.252 e. The van der Waals surface area contributed by atoms with Gasteiger partial charge < -0.3 is 14.8 Å². The maximum Gasteiger partial charge on any atom is 0.252 e. The van der Waals surface area contributed by atoms with Crippen LogP contribution < -0.4 is 10.9 Å². The highest BCUT2D eigenvalue weighted by molar-refractivity contribution is 5.93. The Kier molecular flexibility index (Phi) is 4.65. The molecule has 18 heavy (non-hydrogen) atoms. The van der Waals surface area contributed by atoms with E-state index < -0.39 is 0 Å². The van der Waals surface area contributed by atoms with Gasteiger partial charge in [-0.25, -0.2) is 0 Å². The normalized spacial score (nSPS) is 9.94. The zero-order valence-corrected chi connectivity index (χ0v) is 10.8. The van der Waals surface area contributed by atoms with Gasteiger partial charge in [0.05, 0.1) is 5.56 Å². The van der Waals surface area contributed by atoms with Crippen molar-refractivity contribution < 1.29 is 9.59 Å². The third-order valence-corrected chi connectivity index (χ3v) is 2.39. The van der Waals surface area contributed by atoms with Crippen LogP contribution in [-0.2, 0) is 11.3 Å². The SMILES string of the molecule is CCNC(=O)c1ccc(=O)n(CC(=O)N(C)C)c1. The Hall–Kier alpha value is -2.11. The molecule has 0 saturated carbocycles. The van der Waals surface area contributed by atoms with E-state index >= 15 is 0 Å². The molecule has 1 aromatic heterocycles. The molecule has 1 aromatic rings. The predicted molar refractivity (Wildman–Crippen MR) is 67.4 cm³/mol. The number of rotatable bonds is 4. The Morgan fingerprint density at radius 1 is 1.33 bits per heavy atom. The second-order valence-corrected chi connectivity index (χ2v) is 4.03. The average Bonchev–Trinajstić information content (AvgIpc) is 2.31. The molecule has 0 radical (unpaired) electrons. The molecule has 0 spiro atoms. The van der Waals surface area contributed by atoms with E-state index in [1.165, 1.54) is 27.8 Å². The summed E-state index contributed by atoms with van der Waals surface area (Å²) < 4.78 is 1.23. The van der Waals surface area contributed by atoms with Crippen LogP contribution in [0.3, 0.4) is 0 Å². The van der Waals surface area contributed by atoms with Crippen molar-refractivity contribution >= 4 is 11.8 Å². The molecule has 0 aliphatic rings. The van der Waals surface area contributed by atoms with E-state index in [0.717, 1.165) is 0 Å². The van der Waals surface area contributed by atoms with Crippen LogP contribution in [0.25, 0.3) is 0 Å². The van der Waals surface area contributed by atoms with Gasteiger partial charge >= 0.3 is 0 Å². The Morgan fingerprint density at radius 2 is 2.00 bits per heavy atom. The number of nitrogens with one attached hydrogen (secondary N) is 1. The molecule has 0 atom stereocenters. The quantitative estimate of drug-likeness (QED) is 0.797. The van der Waals surface area contributed by atoms with E-state index in [0.29, 0.717) is 12.1 Å². The van der Waals surface area contributed by atoms with Gasteiger partial charge in [0.2, 0.25) is 5.91 Å². The first-order valence-corrected chi connectivity index (χ1v) is 5.64. The van der Waals surface area contributed by atoms with Crippen LogP contribution in [0, 0.1) is 0 Å². The second kappa shape index (κ2) is 6.00. The van der Waals surface area contributed by atoms with Crippen molar-refractivity contribution in [2.75, 3.05) is 20.6 Å². The largest absolute Gasteiger partial charge is 0.352 e. The molecule has 0 saturated heterocycles. The van der Waals surface area contributed by atoms with Crippen molar-refractivity contribution in [3.05, 3.63) is 34.2 Å². The first kappa shape index (κ1) is 14.0. The minimum Gasteiger partial charge on any atom is -0.352 e. The second-order valence-electron chi connectivity index (χ2n) is 4.03. The first-order valence-electron chi connectivity index (χ1n) is 5.64. The first-order chi connectivity index (χ1) is 8.45. The van der Waals surface area contributed by atoms with Gasteiger partial charge in [0.25, 0.3) is 11.5 Å². The third kappa shape index (κ3) is 3.44. The summed E-state index contributed by atoms with van der Waals surface area (Å²) in [5.74, 6) is -0.464. The number of hydrogen-bond donors (Lipinski definition) is 1. The number of likely N-dealkylation sites (N-methyl/N-ethyl adjacent to an activating group) is 1. The van der Waals surface area contributed by atoms with Gasteiger partial charge in [-0.3, -0.25) is 14.4 Å². The summed E-state index contributed by atoms with van der Waals surface area (Å²) in [4.78, 5) is 36.1. The highest BCUT2D eigenvalue weighted by atomic mass is 16.2. The summed E-state index contributed by atoms with van der Waals surface area (Å²) in [6.45, 7) is 2.25. The number of aromatic nitrogens is 1. The molecule has 0 aromatic carbocycles. The van der Waals surface area contributed by atoms with Crippen molar-refractivity contribution in [3.8, 4) is 0 Å². The Balaban J connectivity index is 2.98. The fourth-order valence-electron chi connectivity index (χ4n) is 1.34. The molecular weight excluding hydrogens is 234 g/mol. The van der Waals surface area contributed by atoms with Gasteiger partial charge in [0.15, 0.2) is 0 Å². The van der Waals surface area contributed by atoms with Gasteiger partial charge in [-0.05, 0) is 13.0 Å². The molecule has 0 aliphatic carbocycles. The van der Waals surface area contributed by atoms with Crippen LogP contribution >= 0.6 is 0 Å². The lowest BCUT2D eigenvalue weighted by Gasteiger charge is -2.12. The van der Waals surface area contributed by atoms with E-state index in [4.69, 9.17) is 0 Å². The van der Waals surface area contributed by atoms with E-state index in [1.807, 2.05) is 6.92 Å². The Labute approximate surface area is 105 Å². The van der Waals surface area contributed by atoms with E-state index in [1.54, 1.807) is 14.1 Å². The molecule has 1 heterocycles. The molecule has 0 bridgehead atoms. The monoisotopic (exact) mass is 251 g/mol. The average molecular weight is 251 g/mol. The zero-order valence-electron chi connectivity index (χ0n) is 10.8. The minimum absolute atomic E-state index is 0.0704. The van der Waals surface area contributed by atoms with Crippen molar-refractivity contribution in [2.45, 2.75) is 13.5 Å². The molecule has 0 fully saturated rings. The highest BCUT2D eigenvalue weighted by Gasteiger charge is 2.10. The molecule has 6 heteroatoms. The Bertz CT molecular complexity index is 506. The van der Waals surface area contributed by atoms with Crippen molar-refractivity contribution in [1.29, 1.82) is 0 Å². The maximum atomic E-state index is 11.6. The molecule has 1 N–H and O–H groups in total. The summed E-state index contributed by atoms with van der Waals surface area (Å²) in [6, 6.07) is 2.73. The van der Waals surface area contributed by atoms with E-state index in [-0.39, 0.29) is 23.9 Å². The summed E-state index contributed by atoms with van der Waals surface area (Å²) in [7, 11) is 3.22. The molecule has 0 aliphatic heterocycles. The molecule has 1 rings (SSSR count). The lowest BCUT2D eigenvalue weighted by atomic mass is 10.2. The van der Waals surface area contributed by atoms with Crippen LogP contribution in [0.5, 0.6) is 0 Å². The number of hydrogen-bond acceptors (Lipinski definition) is 3. The topological polar surface area (TPSA) is 71.4 Å². The molecule has 98 valence electrons. The summed E-state index contributed by atoms with van der Waals surface area (Å²) in [5, 5.41) is 2.63. The van der Waals surface area contributed by atoms with Crippen LogP contribution in [0.15, 0.2) is 23.1 Å². The van der Waals surface area contributed by atoms with Crippen LogP contribution in [0.2, 0.25) is 0 Å². The van der Waals surface area contributed by atoms with Gasteiger partial charge in [0.1, 0.15) is 6.54 Å². The molecule has 2 amide bonds. The fraction of sp³-hybridized carbons (Fsp3) is 0.417. The van der Waals surface area contributed by atoms with Gasteiger partial charge in [0, 0.05) is 32.9 Å². The van der Waals surface area contributed by atoms with Gasteiger partial charge in [-0.15, -0.1) is 0 Å². The van der Waals surface area contributed by atoms with E-state index in [9.17, 15) is 14.4 Å². The number of carbonyl (C=O) groups is 2. The van der Waals surface area contributed by atoms with E-state index in [2.05, 4.69) is 5.32 Å². The van der Waals surface area contributed by atoms with Gasteiger partial charge in [-0.1, -0.05) is 0 Å². The lowest BCUT2D eigenvalue weighted by Crippen LogP contribution is -2.32. The van der Waals surface area contributed by atoms with Crippen molar-refractivity contribution in [2.24, 2.45) is 0 Å². The molecular formula is C12H17N3O3. The fourth-order valence-corrected chi connectivity index (χ4v) is 1.34. The van der Waals surface area contributed by atoms with Crippen LogP contribution in [0.4, 0.5) is 0 Å². The number of pyridine rings is 1. The van der Waals surface area contributed by atoms with Crippen LogP contribution in [0.1, 0.15) is 17.3 Å². The Morgan fingerprint density at radius 3 is 2.56 bits per heavy atom. The van der Waals surface area contributed by atoms with Crippen molar-refractivity contribution in [3.63, 3.8) is 0 Å². The number of amides is 2. The van der Waals surface area contributed by atoms with Crippen LogP contribution in [-0.4, -0.2) is 41.9 Å². The number of nitrogens with zero attached hydrogens (tertiary/aromatic N) is 2. The summed E-state index contributed by atoms with van der Waals surface area (Å²) in [6.07, 6.45) is 1.40. The highest BCUT2D eigenvalue weighted by Crippen LogP contribution is 1.96. The standard InChI is InChI=1S/C12H17N3O3/c1-4-13-12(18)9-5-6-10(16)15(7-9)8-11(17)14(2)3/h5-7H,4,8H2,1-3H3,(H,13,18). The predicted octanol–water partition coefficient (Wildman–Crippen LogP) is -0.314. The lowest BCUT2D eigenvalue weighted by molar-refractivity contribution is -0.129.